The number of amides is 3. The van der Waals surface area contributed by atoms with Crippen molar-refractivity contribution < 1.29 is 9.59 Å². The van der Waals surface area contributed by atoms with E-state index in [9.17, 15) is 9.59 Å². The molecule has 0 aliphatic rings. The van der Waals surface area contributed by atoms with Crippen molar-refractivity contribution in [1.29, 1.82) is 0 Å². The van der Waals surface area contributed by atoms with Crippen LogP contribution < -0.4 is 16.4 Å². The number of urea groups is 1. The van der Waals surface area contributed by atoms with E-state index in [1.165, 1.54) is 5.56 Å². The number of carbonyl (C=O) groups is 2. The van der Waals surface area contributed by atoms with Crippen LogP contribution in [0.1, 0.15) is 42.1 Å². The van der Waals surface area contributed by atoms with Crippen LogP contribution in [-0.2, 0) is 11.2 Å². The molecule has 7 heteroatoms. The number of benzene rings is 2. The van der Waals surface area contributed by atoms with E-state index in [0.717, 1.165) is 12.0 Å². The number of rotatable bonds is 9. The van der Waals surface area contributed by atoms with E-state index in [4.69, 9.17) is 17.3 Å². The fourth-order valence-corrected chi connectivity index (χ4v) is 3.48. The summed E-state index contributed by atoms with van der Waals surface area (Å²) >= 11 is 6.23. The Morgan fingerprint density at radius 1 is 1.10 bits per heavy atom. The summed E-state index contributed by atoms with van der Waals surface area (Å²) in [6.07, 6.45) is 1.03. The van der Waals surface area contributed by atoms with Gasteiger partial charge in [-0.05, 0) is 43.3 Å². The van der Waals surface area contributed by atoms with Gasteiger partial charge >= 0.3 is 6.03 Å². The summed E-state index contributed by atoms with van der Waals surface area (Å²) in [6, 6.07) is 14.2. The largest absolute Gasteiger partial charge is 0.354 e. The second-order valence-corrected chi connectivity index (χ2v) is 7.57. The first-order valence-corrected chi connectivity index (χ1v) is 10.0. The van der Waals surface area contributed by atoms with Gasteiger partial charge in [0.25, 0.3) is 0 Å². The minimum atomic E-state index is -0.704. The molecule has 2 aromatic carbocycles. The number of halogens is 1. The number of carbonyl (C=O) groups excluding carboxylic acids is 2. The number of nitrogens with one attached hydrogen (secondary N) is 2. The van der Waals surface area contributed by atoms with Crippen LogP contribution in [0.5, 0.6) is 0 Å². The Labute approximate surface area is 177 Å². The molecule has 156 valence electrons. The van der Waals surface area contributed by atoms with Gasteiger partial charge in [-0.15, -0.1) is 0 Å². The van der Waals surface area contributed by atoms with Crippen LogP contribution in [0.2, 0.25) is 5.02 Å². The molecule has 0 saturated carbocycles. The molecular weight excluding hydrogens is 388 g/mol. The van der Waals surface area contributed by atoms with Crippen molar-refractivity contribution in [1.82, 2.24) is 15.5 Å². The summed E-state index contributed by atoms with van der Waals surface area (Å²) < 4.78 is 0. The van der Waals surface area contributed by atoms with Gasteiger partial charge in [0.15, 0.2) is 0 Å². The molecule has 2 rings (SSSR count). The Balaban J connectivity index is 2.05. The van der Waals surface area contributed by atoms with Gasteiger partial charge in [0.1, 0.15) is 0 Å². The molecule has 0 saturated heterocycles. The van der Waals surface area contributed by atoms with Crippen LogP contribution in [0, 0.1) is 0 Å². The van der Waals surface area contributed by atoms with Gasteiger partial charge in [-0.2, -0.15) is 0 Å². The highest BCUT2D eigenvalue weighted by molar-refractivity contribution is 6.31. The fourth-order valence-electron chi connectivity index (χ4n) is 3.21. The van der Waals surface area contributed by atoms with Crippen LogP contribution in [-0.4, -0.2) is 37.5 Å². The highest BCUT2D eigenvalue weighted by Gasteiger charge is 2.21. The first-order valence-electron chi connectivity index (χ1n) is 9.64. The molecule has 0 aliphatic carbocycles. The van der Waals surface area contributed by atoms with Crippen molar-refractivity contribution in [2.45, 2.75) is 31.8 Å². The number of primary amides is 1. The quantitative estimate of drug-likeness (QED) is 0.585. The Kier molecular flexibility index (Phi) is 8.49. The van der Waals surface area contributed by atoms with E-state index in [0.29, 0.717) is 17.1 Å². The lowest BCUT2D eigenvalue weighted by atomic mass is 10.0. The molecule has 29 heavy (non-hydrogen) atoms. The molecule has 2 aromatic rings. The zero-order valence-corrected chi connectivity index (χ0v) is 17.9. The fraction of sp³-hybridized carbons (Fsp3) is 0.364. The number of hydrogen-bond donors (Lipinski definition) is 3. The molecule has 0 heterocycles. The smallest absolute Gasteiger partial charge is 0.312 e. The number of hydrogen-bond acceptors (Lipinski definition) is 3. The monoisotopic (exact) mass is 416 g/mol. The summed E-state index contributed by atoms with van der Waals surface area (Å²) in [5.74, 6) is -0.194. The maximum Gasteiger partial charge on any atom is 0.312 e. The second kappa shape index (κ2) is 10.8. The van der Waals surface area contributed by atoms with Crippen molar-refractivity contribution >= 4 is 23.5 Å². The third kappa shape index (κ3) is 6.76. The lowest BCUT2D eigenvalue weighted by Gasteiger charge is -2.26. The van der Waals surface area contributed by atoms with Gasteiger partial charge in [0.2, 0.25) is 5.91 Å². The normalized spacial score (nSPS) is 13.0. The van der Waals surface area contributed by atoms with Gasteiger partial charge in [0, 0.05) is 11.6 Å². The summed E-state index contributed by atoms with van der Waals surface area (Å²) in [6.45, 7) is 2.57. The van der Waals surface area contributed by atoms with Gasteiger partial charge in [-0.1, -0.05) is 61.0 Å². The number of likely N-dealkylation sites (N-methyl/N-ethyl adjacent to an activating group) is 1. The van der Waals surface area contributed by atoms with E-state index < -0.39 is 12.1 Å². The maximum absolute atomic E-state index is 12.6. The van der Waals surface area contributed by atoms with Crippen molar-refractivity contribution in [3.63, 3.8) is 0 Å². The summed E-state index contributed by atoms with van der Waals surface area (Å²) in [5.41, 5.74) is 8.35. The van der Waals surface area contributed by atoms with Crippen LogP contribution in [0.4, 0.5) is 4.79 Å². The lowest BCUT2D eigenvalue weighted by Crippen LogP contribution is -2.39. The highest BCUT2D eigenvalue weighted by Crippen LogP contribution is 2.25. The summed E-state index contributed by atoms with van der Waals surface area (Å²) in [4.78, 5) is 26.1. The van der Waals surface area contributed by atoms with Crippen LogP contribution >= 0.6 is 11.6 Å². The summed E-state index contributed by atoms with van der Waals surface area (Å²) in [5, 5.41) is 6.05. The van der Waals surface area contributed by atoms with Crippen molar-refractivity contribution in [2.24, 2.45) is 5.73 Å². The zero-order chi connectivity index (χ0) is 21.4. The maximum atomic E-state index is 12.6. The standard InChI is InChI=1S/C22H29ClN4O2/c1-4-15-9-11-16(12-10-15)20(27(2)3)14-25-21(28)13-19(26-22(24)29)17-7-5-6-8-18(17)23/h5-12,19-20H,4,13-14H2,1-3H3,(H,25,28)(H3,24,26,29)/t19-,20+/m1/s1. The average Bonchev–Trinajstić information content (AvgIpc) is 2.68. The molecule has 6 nitrogen and oxygen atoms in total. The SMILES string of the molecule is CCc1ccc([C@H](CNC(=O)C[C@@H](NC(N)=O)c2ccccc2Cl)N(C)C)cc1. The summed E-state index contributed by atoms with van der Waals surface area (Å²) in [7, 11) is 3.96. The van der Waals surface area contributed by atoms with E-state index in [1.54, 1.807) is 24.3 Å². The minimum absolute atomic E-state index is 0.0349. The Morgan fingerprint density at radius 2 is 1.76 bits per heavy atom. The molecule has 0 aromatic heterocycles. The topological polar surface area (TPSA) is 87.5 Å². The molecule has 0 unspecified atom stereocenters. The van der Waals surface area contributed by atoms with E-state index in [2.05, 4.69) is 46.7 Å². The third-order valence-corrected chi connectivity index (χ3v) is 5.22. The Bertz CT molecular complexity index is 824. The molecule has 0 spiro atoms. The molecule has 0 fully saturated rings. The predicted molar refractivity (Wildman–Crippen MR) is 117 cm³/mol. The van der Waals surface area contributed by atoms with E-state index in [-0.39, 0.29) is 18.4 Å². The van der Waals surface area contributed by atoms with Gasteiger partial charge in [-0.25, -0.2) is 4.79 Å². The van der Waals surface area contributed by atoms with E-state index >= 15 is 0 Å². The van der Waals surface area contributed by atoms with Crippen LogP contribution in [0.3, 0.4) is 0 Å². The van der Waals surface area contributed by atoms with Gasteiger partial charge in [-0.3, -0.25) is 4.79 Å². The lowest BCUT2D eigenvalue weighted by molar-refractivity contribution is -0.121. The van der Waals surface area contributed by atoms with Crippen molar-refractivity contribution in [3.8, 4) is 0 Å². The first-order chi connectivity index (χ1) is 13.8. The molecular formula is C22H29ClN4O2. The molecule has 3 amide bonds. The highest BCUT2D eigenvalue weighted by atomic mass is 35.5. The third-order valence-electron chi connectivity index (χ3n) is 4.88. The predicted octanol–water partition coefficient (Wildman–Crippen LogP) is 3.42. The average molecular weight is 417 g/mol. The first kappa shape index (κ1) is 22.7. The molecule has 0 aliphatic heterocycles. The number of nitrogens with zero attached hydrogens (tertiary/aromatic N) is 1. The molecule has 4 N–H and O–H groups in total. The molecule has 2 atom stereocenters. The number of aryl methyl sites for hydroxylation is 1. The number of nitrogens with two attached hydrogens (primary N) is 1. The second-order valence-electron chi connectivity index (χ2n) is 7.17. The van der Waals surface area contributed by atoms with Crippen LogP contribution in [0.15, 0.2) is 48.5 Å². The van der Waals surface area contributed by atoms with E-state index in [1.807, 2.05) is 14.1 Å². The van der Waals surface area contributed by atoms with Gasteiger partial charge < -0.3 is 21.3 Å². The zero-order valence-electron chi connectivity index (χ0n) is 17.1. The minimum Gasteiger partial charge on any atom is -0.354 e. The van der Waals surface area contributed by atoms with Crippen molar-refractivity contribution in [2.75, 3.05) is 20.6 Å². The Morgan fingerprint density at radius 3 is 2.31 bits per heavy atom. The van der Waals surface area contributed by atoms with Crippen molar-refractivity contribution in [3.05, 3.63) is 70.2 Å². The molecule has 0 bridgehead atoms. The molecule has 0 radical (unpaired) electrons. The Hall–Kier alpha value is -2.57. The van der Waals surface area contributed by atoms with Crippen LogP contribution in [0.25, 0.3) is 0 Å². The van der Waals surface area contributed by atoms with Gasteiger partial charge in [0.05, 0.1) is 18.5 Å².